The van der Waals surface area contributed by atoms with Gasteiger partial charge in [-0.25, -0.2) is 0 Å². The van der Waals surface area contributed by atoms with Crippen molar-refractivity contribution in [3.05, 3.63) is 29.3 Å². The molecule has 0 spiro atoms. The lowest BCUT2D eigenvalue weighted by Crippen LogP contribution is -2.29. The van der Waals surface area contributed by atoms with Gasteiger partial charge in [0.15, 0.2) is 0 Å². The number of hydrogen-bond donors (Lipinski definition) is 0. The van der Waals surface area contributed by atoms with Gasteiger partial charge in [-0.15, -0.1) is 0 Å². The molecule has 1 aromatic rings. The molecule has 2 rings (SSSR count). The van der Waals surface area contributed by atoms with Crippen LogP contribution in [-0.2, 0) is 16.0 Å². The quantitative estimate of drug-likeness (QED) is 0.768. The zero-order valence-electron chi connectivity index (χ0n) is 11.8. The van der Waals surface area contributed by atoms with Gasteiger partial charge in [-0.1, -0.05) is 0 Å². The second-order valence-electron chi connectivity index (χ2n) is 4.70. The first kappa shape index (κ1) is 14.4. The Bertz CT molecular complexity index is 513. The highest BCUT2D eigenvalue weighted by Gasteiger charge is 2.17. The van der Waals surface area contributed by atoms with E-state index in [-0.39, 0.29) is 18.3 Å². The Hall–Kier alpha value is -2.04. The number of nitrogens with zero attached hydrogens (tertiary/aromatic N) is 1. The fourth-order valence-electron chi connectivity index (χ4n) is 2.13. The summed E-state index contributed by atoms with van der Waals surface area (Å²) in [5.41, 5.74) is 1.69. The second kappa shape index (κ2) is 6.41. The highest BCUT2D eigenvalue weighted by Crippen LogP contribution is 2.26. The van der Waals surface area contributed by atoms with Gasteiger partial charge in [0, 0.05) is 25.6 Å². The summed E-state index contributed by atoms with van der Waals surface area (Å²) in [5.74, 6) is 0.481. The van der Waals surface area contributed by atoms with Crippen LogP contribution in [0.15, 0.2) is 18.2 Å². The smallest absolute Gasteiger partial charge is 0.307 e. The number of carbonyl (C=O) groups excluding carboxylic acids is 2. The van der Waals surface area contributed by atoms with Gasteiger partial charge < -0.3 is 14.4 Å². The van der Waals surface area contributed by atoms with Gasteiger partial charge in [0.2, 0.25) is 0 Å². The van der Waals surface area contributed by atoms with E-state index in [0.29, 0.717) is 25.3 Å². The molecule has 0 saturated heterocycles. The van der Waals surface area contributed by atoms with Crippen LogP contribution in [0.4, 0.5) is 0 Å². The lowest BCUT2D eigenvalue weighted by Gasteiger charge is -2.17. The molecule has 5 nitrogen and oxygen atoms in total. The minimum atomic E-state index is -0.283. The molecule has 20 heavy (non-hydrogen) atoms. The number of rotatable bonds is 5. The average molecular weight is 277 g/mol. The Morgan fingerprint density at radius 3 is 2.95 bits per heavy atom. The third kappa shape index (κ3) is 3.29. The first-order valence-corrected chi connectivity index (χ1v) is 6.78. The maximum absolute atomic E-state index is 12.2. The van der Waals surface area contributed by atoms with Gasteiger partial charge in [-0.2, -0.15) is 0 Å². The number of esters is 1. The molecule has 1 aliphatic rings. The van der Waals surface area contributed by atoms with Crippen molar-refractivity contribution in [3.8, 4) is 5.75 Å². The second-order valence-corrected chi connectivity index (χ2v) is 4.70. The molecule has 1 aromatic carbocycles. The van der Waals surface area contributed by atoms with Crippen LogP contribution >= 0.6 is 0 Å². The molecule has 0 bridgehead atoms. The maximum atomic E-state index is 12.2. The molecule has 0 fully saturated rings. The Labute approximate surface area is 118 Å². The third-order valence-electron chi connectivity index (χ3n) is 3.24. The molecule has 0 radical (unpaired) electrons. The van der Waals surface area contributed by atoms with Gasteiger partial charge in [0.25, 0.3) is 5.91 Å². The Balaban J connectivity index is 1.95. The van der Waals surface area contributed by atoms with Crippen molar-refractivity contribution >= 4 is 11.9 Å². The van der Waals surface area contributed by atoms with Crippen molar-refractivity contribution in [1.82, 2.24) is 4.90 Å². The van der Waals surface area contributed by atoms with E-state index >= 15 is 0 Å². The lowest BCUT2D eigenvalue weighted by molar-refractivity contribution is -0.143. The van der Waals surface area contributed by atoms with E-state index in [2.05, 4.69) is 0 Å². The highest BCUT2D eigenvalue weighted by atomic mass is 16.5. The Morgan fingerprint density at radius 1 is 1.40 bits per heavy atom. The minimum Gasteiger partial charge on any atom is -0.493 e. The number of benzene rings is 1. The van der Waals surface area contributed by atoms with E-state index < -0.39 is 0 Å². The van der Waals surface area contributed by atoms with Crippen LogP contribution in [-0.4, -0.2) is 43.6 Å². The molecule has 0 aromatic heterocycles. The van der Waals surface area contributed by atoms with E-state index in [4.69, 9.17) is 9.47 Å². The fourth-order valence-corrected chi connectivity index (χ4v) is 2.13. The monoisotopic (exact) mass is 277 g/mol. The summed E-state index contributed by atoms with van der Waals surface area (Å²) in [6.07, 6.45) is 1.05. The van der Waals surface area contributed by atoms with Gasteiger partial charge in [-0.3, -0.25) is 9.59 Å². The molecule has 1 heterocycles. The first-order chi connectivity index (χ1) is 9.61. The summed E-state index contributed by atoms with van der Waals surface area (Å²) < 4.78 is 10.3. The first-order valence-electron chi connectivity index (χ1n) is 6.78. The normalized spacial score (nSPS) is 12.5. The van der Waals surface area contributed by atoms with E-state index in [1.165, 1.54) is 4.90 Å². The van der Waals surface area contributed by atoms with Crippen LogP contribution in [0.3, 0.4) is 0 Å². The van der Waals surface area contributed by atoms with Crippen LogP contribution in [0.25, 0.3) is 0 Å². The van der Waals surface area contributed by atoms with E-state index in [0.717, 1.165) is 17.7 Å². The van der Waals surface area contributed by atoms with Crippen LogP contribution in [0.1, 0.15) is 29.3 Å². The average Bonchev–Trinajstić information content (AvgIpc) is 2.91. The van der Waals surface area contributed by atoms with Crippen molar-refractivity contribution in [3.63, 3.8) is 0 Å². The maximum Gasteiger partial charge on any atom is 0.307 e. The zero-order valence-corrected chi connectivity index (χ0v) is 11.8. The highest BCUT2D eigenvalue weighted by molar-refractivity contribution is 5.94. The van der Waals surface area contributed by atoms with Crippen LogP contribution in [0.5, 0.6) is 5.75 Å². The predicted molar refractivity (Wildman–Crippen MR) is 73.9 cm³/mol. The predicted octanol–water partition coefficient (Wildman–Crippen LogP) is 1.65. The molecule has 108 valence electrons. The van der Waals surface area contributed by atoms with E-state index in [1.807, 2.05) is 12.1 Å². The fraction of sp³-hybridized carbons (Fsp3) is 0.467. The molecular weight excluding hydrogens is 258 g/mol. The summed E-state index contributed by atoms with van der Waals surface area (Å²) in [6.45, 7) is 3.15. The van der Waals surface area contributed by atoms with Crippen molar-refractivity contribution in [2.24, 2.45) is 0 Å². The van der Waals surface area contributed by atoms with E-state index in [9.17, 15) is 9.59 Å². The molecule has 1 amide bonds. The molecule has 0 aliphatic carbocycles. The molecular formula is C15H19NO4. The number of ether oxygens (including phenoxy) is 2. The van der Waals surface area contributed by atoms with Crippen molar-refractivity contribution < 1.29 is 19.1 Å². The molecule has 5 heteroatoms. The molecule has 0 atom stereocenters. The minimum absolute atomic E-state index is 0.0935. The van der Waals surface area contributed by atoms with Gasteiger partial charge in [-0.05, 0) is 30.7 Å². The SMILES string of the molecule is CCOC(=O)CCN(C)C(=O)c1ccc2c(c1)CCO2. The van der Waals surface area contributed by atoms with Crippen molar-refractivity contribution in [1.29, 1.82) is 0 Å². The topological polar surface area (TPSA) is 55.8 Å². The number of hydrogen-bond acceptors (Lipinski definition) is 4. The third-order valence-corrected chi connectivity index (χ3v) is 3.24. The molecule has 0 saturated carbocycles. The number of carbonyl (C=O) groups is 2. The van der Waals surface area contributed by atoms with Crippen molar-refractivity contribution in [2.75, 3.05) is 26.8 Å². The van der Waals surface area contributed by atoms with Crippen LogP contribution < -0.4 is 4.74 Å². The molecule has 1 aliphatic heterocycles. The largest absolute Gasteiger partial charge is 0.493 e. The lowest BCUT2D eigenvalue weighted by atomic mass is 10.1. The summed E-state index contributed by atoms with van der Waals surface area (Å²) in [4.78, 5) is 25.1. The molecule has 0 N–H and O–H groups in total. The summed E-state index contributed by atoms with van der Waals surface area (Å²) in [5, 5.41) is 0. The summed E-state index contributed by atoms with van der Waals surface area (Å²) >= 11 is 0. The van der Waals surface area contributed by atoms with Crippen LogP contribution in [0, 0.1) is 0 Å². The number of amides is 1. The van der Waals surface area contributed by atoms with Crippen LogP contribution in [0.2, 0.25) is 0 Å². The molecule has 0 unspecified atom stereocenters. The van der Waals surface area contributed by atoms with Gasteiger partial charge in [0.1, 0.15) is 5.75 Å². The standard InChI is InChI=1S/C15H19NO4/c1-3-19-14(17)6-8-16(2)15(18)12-4-5-13-11(10-12)7-9-20-13/h4-5,10H,3,6-9H2,1-2H3. The Morgan fingerprint density at radius 2 is 2.20 bits per heavy atom. The van der Waals surface area contributed by atoms with Gasteiger partial charge >= 0.3 is 5.97 Å². The zero-order chi connectivity index (χ0) is 14.5. The van der Waals surface area contributed by atoms with Crippen molar-refractivity contribution in [2.45, 2.75) is 19.8 Å². The number of fused-ring (bicyclic) bond motifs is 1. The van der Waals surface area contributed by atoms with E-state index in [1.54, 1.807) is 20.0 Å². The van der Waals surface area contributed by atoms with Gasteiger partial charge in [0.05, 0.1) is 19.6 Å². The summed E-state index contributed by atoms with van der Waals surface area (Å²) in [6, 6.07) is 5.45. The summed E-state index contributed by atoms with van der Waals surface area (Å²) in [7, 11) is 1.69. The Kier molecular flexibility index (Phi) is 4.61.